The number of benzene rings is 1. The first kappa shape index (κ1) is 19.9. The fourth-order valence-electron chi connectivity index (χ4n) is 2.08. The first-order valence-electron chi connectivity index (χ1n) is 7.31. The van der Waals surface area contributed by atoms with Crippen LogP contribution in [0, 0.1) is 6.92 Å². The highest BCUT2D eigenvalue weighted by Crippen LogP contribution is 2.28. The van der Waals surface area contributed by atoms with Crippen LogP contribution >= 0.6 is 0 Å². The largest absolute Gasteiger partial charge is 0.433 e. The van der Waals surface area contributed by atoms with E-state index >= 15 is 0 Å². The number of halogens is 3. The Morgan fingerprint density at radius 1 is 1.08 bits per heavy atom. The lowest BCUT2D eigenvalue weighted by molar-refractivity contribution is -0.141. The van der Waals surface area contributed by atoms with Gasteiger partial charge in [0, 0.05) is 19.8 Å². The predicted molar refractivity (Wildman–Crippen MR) is 89.2 cm³/mol. The summed E-state index contributed by atoms with van der Waals surface area (Å²) in [6, 6.07) is 7.20. The van der Waals surface area contributed by atoms with Gasteiger partial charge in [-0.25, -0.2) is 17.7 Å². The Morgan fingerprint density at radius 3 is 2.12 bits per heavy atom. The second-order valence-electron chi connectivity index (χ2n) is 5.59. The molecule has 10 heteroatoms. The molecule has 0 aliphatic heterocycles. The van der Waals surface area contributed by atoms with Crippen LogP contribution in [0.5, 0.6) is 0 Å². The molecule has 0 saturated heterocycles. The lowest BCUT2D eigenvalue weighted by atomic mass is 10.1. The van der Waals surface area contributed by atoms with E-state index in [0.29, 0.717) is 5.69 Å². The van der Waals surface area contributed by atoms with E-state index in [0.717, 1.165) is 16.4 Å². The van der Waals surface area contributed by atoms with Crippen LogP contribution in [0.15, 0.2) is 41.3 Å². The van der Waals surface area contributed by atoms with Gasteiger partial charge in [0.15, 0.2) is 0 Å². The summed E-state index contributed by atoms with van der Waals surface area (Å²) >= 11 is 0. The standard InChI is InChI=1S/C16H16F3N3O3S/c1-10-13(8-9-14(20-10)16(17,18)19)15(23)21-11-4-6-12(7-5-11)26(24,25)22(2)3/h4-9H,1-3H3,(H,21,23). The van der Waals surface area contributed by atoms with Gasteiger partial charge in [-0.2, -0.15) is 13.2 Å². The summed E-state index contributed by atoms with van der Waals surface area (Å²) in [6.45, 7) is 1.30. The highest BCUT2D eigenvalue weighted by atomic mass is 32.2. The normalized spacial score (nSPS) is 12.3. The number of carbonyl (C=O) groups is 1. The molecule has 0 aliphatic carbocycles. The van der Waals surface area contributed by atoms with Gasteiger partial charge in [0.1, 0.15) is 5.69 Å². The Bertz CT molecular complexity index is 924. The summed E-state index contributed by atoms with van der Waals surface area (Å²) in [7, 11) is -0.807. The molecule has 1 N–H and O–H groups in total. The Labute approximate surface area is 148 Å². The number of carbonyl (C=O) groups excluding carboxylic acids is 1. The molecule has 0 aliphatic rings. The molecule has 0 fully saturated rings. The van der Waals surface area contributed by atoms with Crippen LogP contribution in [0.1, 0.15) is 21.7 Å². The molecule has 1 heterocycles. The van der Waals surface area contributed by atoms with Crippen LogP contribution in [-0.2, 0) is 16.2 Å². The number of aromatic nitrogens is 1. The molecule has 1 amide bonds. The maximum atomic E-state index is 12.6. The minimum absolute atomic E-state index is 0.0111. The number of nitrogens with one attached hydrogen (secondary N) is 1. The number of nitrogens with zero attached hydrogens (tertiary/aromatic N) is 2. The van der Waals surface area contributed by atoms with Crippen molar-refractivity contribution in [1.29, 1.82) is 0 Å². The summed E-state index contributed by atoms with van der Waals surface area (Å²) in [6.07, 6.45) is -4.59. The van der Waals surface area contributed by atoms with Crippen molar-refractivity contribution in [2.45, 2.75) is 18.0 Å². The van der Waals surface area contributed by atoms with Crippen molar-refractivity contribution in [2.24, 2.45) is 0 Å². The molecule has 1 aromatic carbocycles. The second-order valence-corrected chi connectivity index (χ2v) is 7.74. The molecule has 26 heavy (non-hydrogen) atoms. The summed E-state index contributed by atoms with van der Waals surface area (Å²) in [5.41, 5.74) is -0.857. The topological polar surface area (TPSA) is 79.4 Å². The molecule has 6 nitrogen and oxygen atoms in total. The van der Waals surface area contributed by atoms with Gasteiger partial charge < -0.3 is 5.32 Å². The van der Waals surface area contributed by atoms with Crippen molar-refractivity contribution < 1.29 is 26.4 Å². The van der Waals surface area contributed by atoms with Gasteiger partial charge >= 0.3 is 6.18 Å². The number of aryl methyl sites for hydroxylation is 1. The van der Waals surface area contributed by atoms with E-state index in [2.05, 4.69) is 10.3 Å². The number of amides is 1. The third-order valence-electron chi connectivity index (χ3n) is 3.51. The van der Waals surface area contributed by atoms with Crippen molar-refractivity contribution in [3.05, 3.63) is 53.3 Å². The number of rotatable bonds is 4. The van der Waals surface area contributed by atoms with Crippen LogP contribution in [0.4, 0.5) is 18.9 Å². The summed E-state index contributed by atoms with van der Waals surface area (Å²) in [4.78, 5) is 15.7. The highest BCUT2D eigenvalue weighted by molar-refractivity contribution is 7.89. The average molecular weight is 387 g/mol. The van der Waals surface area contributed by atoms with Crippen molar-refractivity contribution in [1.82, 2.24) is 9.29 Å². The van der Waals surface area contributed by atoms with Crippen molar-refractivity contribution in [2.75, 3.05) is 19.4 Å². The first-order chi connectivity index (χ1) is 11.9. The molecule has 140 valence electrons. The van der Waals surface area contributed by atoms with E-state index in [1.807, 2.05) is 0 Å². The van der Waals surface area contributed by atoms with E-state index in [9.17, 15) is 26.4 Å². The molecule has 0 atom stereocenters. The van der Waals surface area contributed by atoms with E-state index < -0.39 is 27.8 Å². The van der Waals surface area contributed by atoms with Gasteiger partial charge in [-0.15, -0.1) is 0 Å². The van der Waals surface area contributed by atoms with Crippen LogP contribution in [0.2, 0.25) is 0 Å². The fourth-order valence-corrected chi connectivity index (χ4v) is 2.98. The molecule has 0 unspecified atom stereocenters. The zero-order chi connectivity index (χ0) is 19.7. The Hall–Kier alpha value is -2.46. The predicted octanol–water partition coefficient (Wildman–Crippen LogP) is 2.91. The van der Waals surface area contributed by atoms with Crippen molar-refractivity contribution >= 4 is 21.6 Å². The zero-order valence-corrected chi connectivity index (χ0v) is 14.9. The van der Waals surface area contributed by atoms with Crippen LogP contribution < -0.4 is 5.32 Å². The van der Waals surface area contributed by atoms with Crippen LogP contribution in [0.25, 0.3) is 0 Å². The molecular formula is C16H16F3N3O3S. The fraction of sp³-hybridized carbons (Fsp3) is 0.250. The molecule has 2 aromatic rings. The van der Waals surface area contributed by atoms with Crippen LogP contribution in [0.3, 0.4) is 0 Å². The number of sulfonamides is 1. The lowest BCUT2D eigenvalue weighted by Crippen LogP contribution is -2.22. The van der Waals surface area contributed by atoms with E-state index in [1.165, 1.54) is 45.3 Å². The Balaban J connectivity index is 2.21. The summed E-state index contributed by atoms with van der Waals surface area (Å²) < 4.78 is 62.9. The van der Waals surface area contributed by atoms with Gasteiger partial charge in [-0.3, -0.25) is 4.79 Å². The maximum absolute atomic E-state index is 12.6. The summed E-state index contributed by atoms with van der Waals surface area (Å²) in [5.74, 6) is -0.646. The van der Waals surface area contributed by atoms with Gasteiger partial charge in [-0.1, -0.05) is 0 Å². The summed E-state index contributed by atoms with van der Waals surface area (Å²) in [5, 5.41) is 2.50. The Kier molecular flexibility index (Phi) is 5.38. The minimum Gasteiger partial charge on any atom is -0.322 e. The van der Waals surface area contributed by atoms with Gasteiger partial charge in [0.25, 0.3) is 5.91 Å². The smallest absolute Gasteiger partial charge is 0.322 e. The van der Waals surface area contributed by atoms with E-state index in [-0.39, 0.29) is 16.2 Å². The molecule has 1 aromatic heterocycles. The third kappa shape index (κ3) is 4.20. The number of hydrogen-bond donors (Lipinski definition) is 1. The average Bonchev–Trinajstić information content (AvgIpc) is 2.54. The zero-order valence-electron chi connectivity index (χ0n) is 14.1. The van der Waals surface area contributed by atoms with Crippen molar-refractivity contribution in [3.8, 4) is 0 Å². The lowest BCUT2D eigenvalue weighted by Gasteiger charge is -2.13. The van der Waals surface area contributed by atoms with E-state index in [4.69, 9.17) is 0 Å². The molecule has 2 rings (SSSR count). The van der Waals surface area contributed by atoms with Crippen LogP contribution in [-0.4, -0.2) is 37.7 Å². The first-order valence-corrected chi connectivity index (χ1v) is 8.75. The third-order valence-corrected chi connectivity index (χ3v) is 5.34. The molecule has 0 radical (unpaired) electrons. The number of pyridine rings is 1. The highest BCUT2D eigenvalue weighted by Gasteiger charge is 2.33. The second kappa shape index (κ2) is 7.04. The quantitative estimate of drug-likeness (QED) is 0.875. The molecule has 0 bridgehead atoms. The van der Waals surface area contributed by atoms with Crippen molar-refractivity contribution in [3.63, 3.8) is 0 Å². The Morgan fingerprint density at radius 2 is 1.65 bits per heavy atom. The monoisotopic (exact) mass is 387 g/mol. The van der Waals surface area contributed by atoms with E-state index in [1.54, 1.807) is 0 Å². The SMILES string of the molecule is Cc1nc(C(F)(F)F)ccc1C(=O)Nc1ccc(S(=O)(=O)N(C)C)cc1. The van der Waals surface area contributed by atoms with Gasteiger partial charge in [0.2, 0.25) is 10.0 Å². The number of anilines is 1. The number of alkyl halides is 3. The maximum Gasteiger partial charge on any atom is 0.433 e. The molecule has 0 saturated carbocycles. The van der Waals surface area contributed by atoms with Gasteiger partial charge in [-0.05, 0) is 43.3 Å². The molecular weight excluding hydrogens is 371 g/mol. The van der Waals surface area contributed by atoms with Gasteiger partial charge in [0.05, 0.1) is 16.2 Å². The molecule has 0 spiro atoms. The minimum atomic E-state index is -4.59. The number of hydrogen-bond acceptors (Lipinski definition) is 4.